The molecule has 3 nitrogen and oxygen atoms in total. The van der Waals surface area contributed by atoms with Gasteiger partial charge in [-0.05, 0) is 24.6 Å². The minimum atomic E-state index is -1.78. The van der Waals surface area contributed by atoms with Gasteiger partial charge in [0.1, 0.15) is 11.4 Å². The lowest BCUT2D eigenvalue weighted by atomic mass is 9.94. The number of phenolic OH excluding ortho intramolecular Hbond substituents is 1. The summed E-state index contributed by atoms with van der Waals surface area (Å²) in [6.45, 7) is 1.28. The molecule has 1 unspecified atom stereocenters. The molecule has 0 saturated carbocycles. The van der Waals surface area contributed by atoms with Crippen LogP contribution in [0.25, 0.3) is 0 Å². The van der Waals surface area contributed by atoms with Gasteiger partial charge in [-0.2, -0.15) is 0 Å². The molecule has 0 heterocycles. The molecule has 1 rings (SSSR count). The molecule has 0 fully saturated rings. The number of primary amides is 1. The van der Waals surface area contributed by atoms with Gasteiger partial charge in [0.2, 0.25) is 5.91 Å². The highest BCUT2D eigenvalue weighted by Crippen LogP contribution is 2.29. The largest absolute Gasteiger partial charge is 0.508 e. The molecule has 0 aromatic heterocycles. The van der Waals surface area contributed by atoms with Crippen molar-refractivity contribution in [1.29, 1.82) is 0 Å². The van der Waals surface area contributed by atoms with E-state index in [-0.39, 0.29) is 12.2 Å². The third-order valence-electron chi connectivity index (χ3n) is 1.98. The van der Waals surface area contributed by atoms with Crippen LogP contribution in [0.3, 0.4) is 0 Å². The van der Waals surface area contributed by atoms with Crippen LogP contribution in [0.5, 0.6) is 5.75 Å². The van der Waals surface area contributed by atoms with Crippen molar-refractivity contribution in [3.05, 3.63) is 29.8 Å². The van der Waals surface area contributed by atoms with Crippen LogP contribution in [-0.4, -0.2) is 11.0 Å². The Balaban J connectivity index is 2.91. The van der Waals surface area contributed by atoms with E-state index in [4.69, 9.17) is 10.8 Å². The van der Waals surface area contributed by atoms with Crippen LogP contribution >= 0.6 is 0 Å². The van der Waals surface area contributed by atoms with Gasteiger partial charge in [-0.3, -0.25) is 4.79 Å². The number of nitrogens with two attached hydrogens (primary N) is 1. The summed E-state index contributed by atoms with van der Waals surface area (Å²) in [5.74, 6) is -0.633. The minimum Gasteiger partial charge on any atom is -0.508 e. The molecule has 1 atom stereocenters. The average molecular weight is 197 g/mol. The van der Waals surface area contributed by atoms with Crippen LogP contribution in [-0.2, 0) is 10.5 Å². The van der Waals surface area contributed by atoms with E-state index in [1.165, 1.54) is 31.2 Å². The number of carbonyl (C=O) groups excluding carboxylic acids is 1. The summed E-state index contributed by atoms with van der Waals surface area (Å²) in [4.78, 5) is 10.6. The predicted molar refractivity (Wildman–Crippen MR) is 50.4 cm³/mol. The monoisotopic (exact) mass is 197 g/mol. The second kappa shape index (κ2) is 3.65. The summed E-state index contributed by atoms with van der Waals surface area (Å²) in [7, 11) is 0. The maximum absolute atomic E-state index is 13.8. The normalized spacial score (nSPS) is 14.7. The predicted octanol–water partition coefficient (Wildman–Crippen LogP) is 1.45. The van der Waals surface area contributed by atoms with E-state index in [2.05, 4.69) is 0 Å². The van der Waals surface area contributed by atoms with E-state index in [1.54, 1.807) is 0 Å². The number of phenols is 1. The Morgan fingerprint density at radius 3 is 2.43 bits per heavy atom. The second-order valence-electron chi connectivity index (χ2n) is 3.39. The molecule has 76 valence electrons. The first-order chi connectivity index (χ1) is 6.42. The third kappa shape index (κ3) is 2.45. The first-order valence-electron chi connectivity index (χ1n) is 4.18. The number of rotatable bonds is 3. The van der Waals surface area contributed by atoms with E-state index in [0.29, 0.717) is 5.56 Å². The van der Waals surface area contributed by atoms with Crippen LogP contribution in [0.15, 0.2) is 24.3 Å². The zero-order chi connectivity index (χ0) is 10.8. The van der Waals surface area contributed by atoms with Gasteiger partial charge in [0, 0.05) is 0 Å². The minimum absolute atomic E-state index is 0.0589. The molecule has 1 amide bonds. The fourth-order valence-electron chi connectivity index (χ4n) is 1.24. The Bertz CT molecular complexity index is 332. The van der Waals surface area contributed by atoms with Gasteiger partial charge >= 0.3 is 0 Å². The number of aromatic hydroxyl groups is 1. The summed E-state index contributed by atoms with van der Waals surface area (Å²) in [5.41, 5.74) is 3.47. The van der Waals surface area contributed by atoms with Gasteiger partial charge in [0.15, 0.2) is 0 Å². The topological polar surface area (TPSA) is 63.3 Å². The number of hydrogen-bond donors (Lipinski definition) is 2. The van der Waals surface area contributed by atoms with Gasteiger partial charge < -0.3 is 10.8 Å². The highest BCUT2D eigenvalue weighted by molar-refractivity contribution is 5.75. The number of benzene rings is 1. The smallest absolute Gasteiger partial charge is 0.220 e. The Morgan fingerprint density at radius 1 is 1.50 bits per heavy atom. The van der Waals surface area contributed by atoms with Gasteiger partial charge in [-0.15, -0.1) is 0 Å². The lowest BCUT2D eigenvalue weighted by Gasteiger charge is -2.18. The lowest BCUT2D eigenvalue weighted by molar-refractivity contribution is -0.120. The summed E-state index contributed by atoms with van der Waals surface area (Å²) >= 11 is 0. The molecule has 0 aliphatic rings. The van der Waals surface area contributed by atoms with Crippen LogP contribution in [0.2, 0.25) is 0 Å². The zero-order valence-electron chi connectivity index (χ0n) is 7.83. The summed E-state index contributed by atoms with van der Waals surface area (Å²) in [6.07, 6.45) is -0.363. The van der Waals surface area contributed by atoms with Crippen molar-refractivity contribution in [2.45, 2.75) is 19.0 Å². The van der Waals surface area contributed by atoms with E-state index in [0.717, 1.165) is 0 Å². The highest BCUT2D eigenvalue weighted by atomic mass is 19.1. The van der Waals surface area contributed by atoms with E-state index >= 15 is 0 Å². The van der Waals surface area contributed by atoms with Crippen molar-refractivity contribution in [2.75, 3.05) is 0 Å². The first-order valence-corrected chi connectivity index (χ1v) is 4.18. The molecule has 0 saturated heterocycles. The molecule has 0 aliphatic carbocycles. The van der Waals surface area contributed by atoms with Crippen molar-refractivity contribution in [2.24, 2.45) is 5.73 Å². The van der Waals surface area contributed by atoms with Crippen LogP contribution < -0.4 is 5.73 Å². The summed E-state index contributed by atoms with van der Waals surface area (Å²) in [5, 5.41) is 8.99. The zero-order valence-corrected chi connectivity index (χ0v) is 7.83. The van der Waals surface area contributed by atoms with Gasteiger partial charge in [-0.1, -0.05) is 12.1 Å². The van der Waals surface area contributed by atoms with E-state index in [9.17, 15) is 9.18 Å². The number of amides is 1. The molecule has 3 N–H and O–H groups in total. The maximum atomic E-state index is 13.8. The fraction of sp³-hybridized carbons (Fsp3) is 0.300. The molecule has 0 spiro atoms. The molecule has 4 heteroatoms. The highest BCUT2D eigenvalue weighted by Gasteiger charge is 2.27. The summed E-state index contributed by atoms with van der Waals surface area (Å²) in [6, 6.07) is 5.60. The average Bonchev–Trinajstić information content (AvgIpc) is 2.02. The lowest BCUT2D eigenvalue weighted by Crippen LogP contribution is -2.24. The number of halogens is 1. The molecule has 0 bridgehead atoms. The van der Waals surface area contributed by atoms with Crippen LogP contribution in [0, 0.1) is 0 Å². The molecule has 0 radical (unpaired) electrons. The maximum Gasteiger partial charge on any atom is 0.220 e. The first kappa shape index (κ1) is 10.5. The molecule has 1 aromatic carbocycles. The van der Waals surface area contributed by atoms with E-state index in [1.807, 2.05) is 0 Å². The van der Waals surface area contributed by atoms with Crippen molar-refractivity contribution in [3.63, 3.8) is 0 Å². The summed E-state index contributed by atoms with van der Waals surface area (Å²) < 4.78 is 13.8. The fourth-order valence-corrected chi connectivity index (χ4v) is 1.24. The van der Waals surface area contributed by atoms with E-state index < -0.39 is 11.6 Å². The quantitative estimate of drug-likeness (QED) is 0.770. The Labute approximate surface area is 81.4 Å². The number of alkyl halides is 1. The molecule has 0 aliphatic heterocycles. The standard InChI is InChI=1S/C10H12FNO2/c1-10(11,6-9(12)14)7-2-4-8(13)5-3-7/h2-5,13H,6H2,1H3,(H2,12,14). The number of hydrogen-bond acceptors (Lipinski definition) is 2. The van der Waals surface area contributed by atoms with Gasteiger partial charge in [-0.25, -0.2) is 4.39 Å². The Morgan fingerprint density at radius 2 is 2.00 bits per heavy atom. The number of carbonyl (C=O) groups is 1. The Hall–Kier alpha value is -1.58. The van der Waals surface area contributed by atoms with Crippen molar-refractivity contribution in [3.8, 4) is 5.75 Å². The second-order valence-corrected chi connectivity index (χ2v) is 3.39. The van der Waals surface area contributed by atoms with Crippen molar-refractivity contribution < 1.29 is 14.3 Å². The van der Waals surface area contributed by atoms with Crippen molar-refractivity contribution in [1.82, 2.24) is 0 Å². The molecular weight excluding hydrogens is 185 g/mol. The van der Waals surface area contributed by atoms with Crippen LogP contribution in [0.4, 0.5) is 4.39 Å². The molecule has 14 heavy (non-hydrogen) atoms. The van der Waals surface area contributed by atoms with Crippen molar-refractivity contribution >= 4 is 5.91 Å². The Kier molecular flexibility index (Phi) is 2.74. The van der Waals surface area contributed by atoms with Gasteiger partial charge in [0.05, 0.1) is 6.42 Å². The van der Waals surface area contributed by atoms with Gasteiger partial charge in [0.25, 0.3) is 0 Å². The molecule has 1 aromatic rings. The molecular formula is C10H12FNO2. The van der Waals surface area contributed by atoms with Crippen LogP contribution in [0.1, 0.15) is 18.9 Å². The third-order valence-corrected chi connectivity index (χ3v) is 1.98. The SMILES string of the molecule is CC(F)(CC(N)=O)c1ccc(O)cc1.